The molecule has 72 valence electrons. The molecule has 0 aliphatic rings. The fourth-order valence-electron chi connectivity index (χ4n) is 1.23. The van der Waals surface area contributed by atoms with Crippen LogP contribution >= 0.6 is 0 Å². The second-order valence-corrected chi connectivity index (χ2v) is 2.90. The number of hydrogen-bond acceptors (Lipinski definition) is 3. The van der Waals surface area contributed by atoms with Crippen molar-refractivity contribution in [3.05, 3.63) is 17.7 Å². The third-order valence-corrected chi connectivity index (χ3v) is 1.90. The van der Waals surface area contributed by atoms with Gasteiger partial charge < -0.3 is 14.9 Å². The topological polar surface area (TPSA) is 49.7 Å². The number of rotatable bonds is 3. The minimum Gasteiger partial charge on any atom is -0.508 e. The standard InChI is InChI=1S/C10H14O3/c1-3-4-7-5-9(12)10(13-2)6-8(7)11/h5-6,11-12H,3-4H2,1-2H3. The number of phenols is 2. The van der Waals surface area contributed by atoms with Crippen LogP contribution in [0.2, 0.25) is 0 Å². The lowest BCUT2D eigenvalue weighted by molar-refractivity contribution is 0.367. The van der Waals surface area contributed by atoms with Crippen molar-refractivity contribution >= 4 is 0 Å². The molecule has 0 radical (unpaired) electrons. The first kappa shape index (κ1) is 9.71. The van der Waals surface area contributed by atoms with Gasteiger partial charge in [0.15, 0.2) is 11.5 Å². The van der Waals surface area contributed by atoms with Crippen molar-refractivity contribution < 1.29 is 14.9 Å². The van der Waals surface area contributed by atoms with Gasteiger partial charge in [-0.15, -0.1) is 0 Å². The highest BCUT2D eigenvalue weighted by Crippen LogP contribution is 2.33. The smallest absolute Gasteiger partial charge is 0.164 e. The van der Waals surface area contributed by atoms with Crippen LogP contribution in [0.15, 0.2) is 12.1 Å². The predicted octanol–water partition coefficient (Wildman–Crippen LogP) is 2.06. The maximum Gasteiger partial charge on any atom is 0.164 e. The molecule has 0 amide bonds. The number of hydrogen-bond donors (Lipinski definition) is 2. The van der Waals surface area contributed by atoms with Crippen molar-refractivity contribution in [3.63, 3.8) is 0 Å². The van der Waals surface area contributed by atoms with Gasteiger partial charge in [0.1, 0.15) is 5.75 Å². The van der Waals surface area contributed by atoms with Gasteiger partial charge in [0.05, 0.1) is 7.11 Å². The molecule has 0 aromatic heterocycles. The number of ether oxygens (including phenoxy) is 1. The lowest BCUT2D eigenvalue weighted by Crippen LogP contribution is -1.88. The molecule has 0 saturated carbocycles. The van der Waals surface area contributed by atoms with Gasteiger partial charge in [-0.3, -0.25) is 0 Å². The van der Waals surface area contributed by atoms with Crippen molar-refractivity contribution in [2.24, 2.45) is 0 Å². The fraction of sp³-hybridized carbons (Fsp3) is 0.400. The summed E-state index contributed by atoms with van der Waals surface area (Å²) < 4.78 is 4.85. The van der Waals surface area contributed by atoms with E-state index in [1.165, 1.54) is 19.2 Å². The van der Waals surface area contributed by atoms with Crippen molar-refractivity contribution in [1.29, 1.82) is 0 Å². The van der Waals surface area contributed by atoms with E-state index in [-0.39, 0.29) is 11.5 Å². The van der Waals surface area contributed by atoms with Crippen LogP contribution in [0.4, 0.5) is 0 Å². The first-order valence-corrected chi connectivity index (χ1v) is 4.27. The van der Waals surface area contributed by atoms with E-state index in [4.69, 9.17) is 4.74 Å². The van der Waals surface area contributed by atoms with Crippen LogP contribution in [-0.2, 0) is 6.42 Å². The minimum atomic E-state index is 0.0729. The second-order valence-electron chi connectivity index (χ2n) is 2.90. The van der Waals surface area contributed by atoms with Crippen LogP contribution in [0.1, 0.15) is 18.9 Å². The van der Waals surface area contributed by atoms with Gasteiger partial charge in [-0.2, -0.15) is 0 Å². The van der Waals surface area contributed by atoms with E-state index in [9.17, 15) is 10.2 Å². The van der Waals surface area contributed by atoms with Crippen molar-refractivity contribution in [2.45, 2.75) is 19.8 Å². The van der Waals surface area contributed by atoms with E-state index in [1.807, 2.05) is 6.92 Å². The van der Waals surface area contributed by atoms with Gasteiger partial charge in [0.2, 0.25) is 0 Å². The molecule has 0 unspecified atom stereocenters. The predicted molar refractivity (Wildman–Crippen MR) is 50.3 cm³/mol. The van der Waals surface area contributed by atoms with Crippen LogP contribution in [0.5, 0.6) is 17.2 Å². The highest BCUT2D eigenvalue weighted by molar-refractivity contribution is 5.49. The van der Waals surface area contributed by atoms with Gasteiger partial charge >= 0.3 is 0 Å². The Morgan fingerprint density at radius 3 is 2.46 bits per heavy atom. The highest BCUT2D eigenvalue weighted by Gasteiger charge is 2.07. The lowest BCUT2D eigenvalue weighted by Gasteiger charge is -2.07. The molecule has 0 bridgehead atoms. The number of benzene rings is 1. The average Bonchev–Trinajstić information content (AvgIpc) is 2.11. The molecule has 0 heterocycles. The normalized spacial score (nSPS) is 10.0. The monoisotopic (exact) mass is 182 g/mol. The number of phenolic OH excluding ortho intramolecular Hbond substituents is 2. The van der Waals surface area contributed by atoms with Crippen LogP contribution in [0.25, 0.3) is 0 Å². The summed E-state index contributed by atoms with van der Waals surface area (Å²) in [7, 11) is 1.45. The van der Waals surface area contributed by atoms with Crippen LogP contribution in [-0.4, -0.2) is 17.3 Å². The Morgan fingerprint density at radius 1 is 1.23 bits per heavy atom. The molecular formula is C10H14O3. The Bertz CT molecular complexity index is 294. The molecule has 3 nitrogen and oxygen atoms in total. The maximum atomic E-state index is 9.49. The zero-order valence-electron chi connectivity index (χ0n) is 7.87. The highest BCUT2D eigenvalue weighted by atomic mass is 16.5. The molecule has 0 fully saturated rings. The number of aryl methyl sites for hydroxylation is 1. The third kappa shape index (κ3) is 2.05. The van der Waals surface area contributed by atoms with Gasteiger partial charge in [0.25, 0.3) is 0 Å². The maximum absolute atomic E-state index is 9.49. The Balaban J connectivity index is 3.05. The van der Waals surface area contributed by atoms with Gasteiger partial charge in [0, 0.05) is 6.07 Å². The van der Waals surface area contributed by atoms with E-state index < -0.39 is 0 Å². The van der Waals surface area contributed by atoms with Crippen molar-refractivity contribution in [3.8, 4) is 17.2 Å². The van der Waals surface area contributed by atoms with E-state index in [2.05, 4.69) is 0 Å². The van der Waals surface area contributed by atoms with Crippen molar-refractivity contribution in [2.75, 3.05) is 7.11 Å². The summed E-state index contributed by atoms with van der Waals surface area (Å²) in [5.41, 5.74) is 0.751. The Labute approximate surface area is 77.6 Å². The zero-order chi connectivity index (χ0) is 9.84. The Hall–Kier alpha value is -1.38. The largest absolute Gasteiger partial charge is 0.508 e. The fourth-order valence-corrected chi connectivity index (χ4v) is 1.23. The number of methoxy groups -OCH3 is 1. The molecule has 0 atom stereocenters. The summed E-state index contributed by atoms with van der Waals surface area (Å²) in [6.45, 7) is 2.01. The van der Waals surface area contributed by atoms with Crippen LogP contribution in [0.3, 0.4) is 0 Å². The molecule has 0 saturated heterocycles. The van der Waals surface area contributed by atoms with E-state index in [0.717, 1.165) is 18.4 Å². The molecule has 13 heavy (non-hydrogen) atoms. The zero-order valence-corrected chi connectivity index (χ0v) is 7.87. The summed E-state index contributed by atoms with van der Waals surface area (Å²) in [4.78, 5) is 0. The van der Waals surface area contributed by atoms with Gasteiger partial charge in [-0.05, 0) is 18.1 Å². The summed E-state index contributed by atoms with van der Waals surface area (Å²) in [6.07, 6.45) is 1.68. The second kappa shape index (κ2) is 4.03. The van der Waals surface area contributed by atoms with Crippen molar-refractivity contribution in [1.82, 2.24) is 0 Å². The molecule has 0 aliphatic carbocycles. The average molecular weight is 182 g/mol. The summed E-state index contributed by atoms with van der Waals surface area (Å²) >= 11 is 0. The molecule has 1 aromatic carbocycles. The van der Waals surface area contributed by atoms with Gasteiger partial charge in [-0.25, -0.2) is 0 Å². The quantitative estimate of drug-likeness (QED) is 0.703. The first-order valence-electron chi connectivity index (χ1n) is 4.27. The SMILES string of the molecule is CCCc1cc(O)c(OC)cc1O. The van der Waals surface area contributed by atoms with E-state index in [0.29, 0.717) is 5.75 Å². The summed E-state index contributed by atoms with van der Waals surface area (Å²) in [5.74, 6) is 0.553. The summed E-state index contributed by atoms with van der Waals surface area (Å²) in [6, 6.07) is 2.97. The van der Waals surface area contributed by atoms with Crippen LogP contribution < -0.4 is 4.74 Å². The molecule has 2 N–H and O–H groups in total. The first-order chi connectivity index (χ1) is 6.19. The van der Waals surface area contributed by atoms with Crippen LogP contribution in [0, 0.1) is 0 Å². The minimum absolute atomic E-state index is 0.0729. The third-order valence-electron chi connectivity index (χ3n) is 1.90. The van der Waals surface area contributed by atoms with Gasteiger partial charge in [-0.1, -0.05) is 13.3 Å². The summed E-state index contributed by atoms with van der Waals surface area (Å²) in [5, 5.41) is 18.9. The molecule has 0 spiro atoms. The Kier molecular flexibility index (Phi) is 3.01. The number of aromatic hydroxyl groups is 2. The molecule has 1 rings (SSSR count). The Morgan fingerprint density at radius 2 is 1.92 bits per heavy atom. The molecule has 0 aliphatic heterocycles. The van der Waals surface area contributed by atoms with E-state index in [1.54, 1.807) is 0 Å². The molecule has 3 heteroatoms. The lowest BCUT2D eigenvalue weighted by atomic mass is 10.1. The molecule has 1 aromatic rings. The van der Waals surface area contributed by atoms with E-state index >= 15 is 0 Å². The molecular weight excluding hydrogens is 168 g/mol.